The lowest BCUT2D eigenvalue weighted by Crippen LogP contribution is -2.06. The van der Waals surface area contributed by atoms with Gasteiger partial charge in [0.25, 0.3) is 0 Å². The predicted octanol–water partition coefficient (Wildman–Crippen LogP) is 3.23. The van der Waals surface area contributed by atoms with Gasteiger partial charge in [-0.05, 0) is 18.6 Å². The van der Waals surface area contributed by atoms with E-state index in [1.54, 1.807) is 13.3 Å². The van der Waals surface area contributed by atoms with Gasteiger partial charge in [-0.1, -0.05) is 25.1 Å². The lowest BCUT2D eigenvalue weighted by molar-refractivity contribution is 0.416. The predicted molar refractivity (Wildman–Crippen MR) is 83.8 cm³/mol. The lowest BCUT2D eigenvalue weighted by atomic mass is 10.1. The summed E-state index contributed by atoms with van der Waals surface area (Å²) in [5.74, 6) is 1.77. The number of nitrogens with one attached hydrogen (secondary N) is 1. The van der Waals surface area contributed by atoms with E-state index in [2.05, 4.69) is 22.3 Å². The molecule has 5 nitrogen and oxygen atoms in total. The second-order valence-corrected chi connectivity index (χ2v) is 4.75. The van der Waals surface area contributed by atoms with Gasteiger partial charge in [-0.3, -0.25) is 0 Å². The molecule has 0 amide bonds. The van der Waals surface area contributed by atoms with Gasteiger partial charge >= 0.3 is 0 Å². The Kier molecular flexibility index (Phi) is 3.73. The SMILES string of the molecule is CCCNc1ccnc2c(-c3ccccc3OC)cnn12. The molecule has 0 saturated carbocycles. The van der Waals surface area contributed by atoms with Crippen LogP contribution in [-0.4, -0.2) is 28.3 Å². The van der Waals surface area contributed by atoms with Crippen molar-refractivity contribution in [1.29, 1.82) is 0 Å². The minimum absolute atomic E-state index is 0.820. The maximum absolute atomic E-state index is 5.43. The van der Waals surface area contributed by atoms with E-state index in [-0.39, 0.29) is 0 Å². The van der Waals surface area contributed by atoms with Gasteiger partial charge in [0.05, 0.1) is 18.9 Å². The molecule has 2 aromatic heterocycles. The van der Waals surface area contributed by atoms with Crippen LogP contribution in [0.15, 0.2) is 42.7 Å². The van der Waals surface area contributed by atoms with Gasteiger partial charge in [-0.15, -0.1) is 0 Å². The number of para-hydroxylation sites is 1. The highest BCUT2D eigenvalue weighted by Crippen LogP contribution is 2.32. The quantitative estimate of drug-likeness (QED) is 0.780. The van der Waals surface area contributed by atoms with Crippen LogP contribution in [0.4, 0.5) is 5.82 Å². The Bertz CT molecular complexity index is 751. The molecule has 0 unspecified atom stereocenters. The van der Waals surface area contributed by atoms with Crippen LogP contribution in [0.1, 0.15) is 13.3 Å². The van der Waals surface area contributed by atoms with E-state index in [1.807, 2.05) is 41.0 Å². The van der Waals surface area contributed by atoms with Crippen molar-refractivity contribution in [2.24, 2.45) is 0 Å². The monoisotopic (exact) mass is 282 g/mol. The Hall–Kier alpha value is -2.56. The van der Waals surface area contributed by atoms with E-state index in [1.165, 1.54) is 0 Å². The van der Waals surface area contributed by atoms with E-state index in [9.17, 15) is 0 Å². The summed E-state index contributed by atoms with van der Waals surface area (Å²) in [6.07, 6.45) is 4.69. The van der Waals surface area contributed by atoms with E-state index in [0.29, 0.717) is 0 Å². The van der Waals surface area contributed by atoms with Gasteiger partial charge in [0.2, 0.25) is 0 Å². The maximum atomic E-state index is 5.43. The summed E-state index contributed by atoms with van der Waals surface area (Å²) in [5.41, 5.74) is 2.78. The third kappa shape index (κ3) is 2.42. The fraction of sp³-hybridized carbons (Fsp3) is 0.250. The molecule has 3 aromatic rings. The number of methoxy groups -OCH3 is 1. The summed E-state index contributed by atoms with van der Waals surface area (Å²) in [6.45, 7) is 3.04. The van der Waals surface area contributed by atoms with Gasteiger partial charge in [0.1, 0.15) is 11.6 Å². The molecule has 0 saturated heterocycles. The topological polar surface area (TPSA) is 51.5 Å². The minimum atomic E-state index is 0.820. The Labute approximate surface area is 123 Å². The van der Waals surface area contributed by atoms with Crippen molar-refractivity contribution in [3.8, 4) is 16.9 Å². The number of anilines is 1. The largest absolute Gasteiger partial charge is 0.496 e. The molecule has 2 heterocycles. The number of nitrogens with zero attached hydrogens (tertiary/aromatic N) is 3. The molecule has 0 aliphatic carbocycles. The van der Waals surface area contributed by atoms with Gasteiger partial charge in [-0.2, -0.15) is 9.61 Å². The van der Waals surface area contributed by atoms with Crippen LogP contribution in [0.25, 0.3) is 16.8 Å². The number of ether oxygens (including phenoxy) is 1. The summed E-state index contributed by atoms with van der Waals surface area (Å²) in [4.78, 5) is 4.47. The van der Waals surface area contributed by atoms with Crippen molar-refractivity contribution in [2.45, 2.75) is 13.3 Å². The number of hydrogen-bond donors (Lipinski definition) is 1. The van der Waals surface area contributed by atoms with Crippen LogP contribution in [0.2, 0.25) is 0 Å². The van der Waals surface area contributed by atoms with Crippen molar-refractivity contribution in [3.63, 3.8) is 0 Å². The normalized spacial score (nSPS) is 10.8. The van der Waals surface area contributed by atoms with Crippen LogP contribution in [-0.2, 0) is 0 Å². The first-order chi connectivity index (χ1) is 10.3. The van der Waals surface area contributed by atoms with Crippen LogP contribution >= 0.6 is 0 Å². The molecule has 108 valence electrons. The molecule has 0 spiro atoms. The van der Waals surface area contributed by atoms with E-state index < -0.39 is 0 Å². The Morgan fingerprint density at radius 2 is 2.05 bits per heavy atom. The molecule has 0 radical (unpaired) electrons. The number of fused-ring (bicyclic) bond motifs is 1. The number of benzene rings is 1. The summed E-state index contributed by atoms with van der Waals surface area (Å²) in [7, 11) is 1.67. The summed E-state index contributed by atoms with van der Waals surface area (Å²) in [5, 5.41) is 7.82. The molecule has 5 heteroatoms. The second kappa shape index (κ2) is 5.83. The molecule has 0 atom stereocenters. The molecule has 0 aliphatic rings. The number of aromatic nitrogens is 3. The van der Waals surface area contributed by atoms with Crippen molar-refractivity contribution >= 4 is 11.5 Å². The highest BCUT2D eigenvalue weighted by molar-refractivity contribution is 5.81. The summed E-state index contributed by atoms with van der Waals surface area (Å²) >= 11 is 0. The first-order valence-corrected chi connectivity index (χ1v) is 7.05. The molecule has 21 heavy (non-hydrogen) atoms. The van der Waals surface area contributed by atoms with E-state index in [0.717, 1.165) is 41.3 Å². The van der Waals surface area contributed by atoms with Crippen molar-refractivity contribution in [1.82, 2.24) is 14.6 Å². The van der Waals surface area contributed by atoms with Crippen molar-refractivity contribution < 1.29 is 4.74 Å². The van der Waals surface area contributed by atoms with Crippen LogP contribution < -0.4 is 10.1 Å². The van der Waals surface area contributed by atoms with Crippen molar-refractivity contribution in [2.75, 3.05) is 19.0 Å². The fourth-order valence-electron chi connectivity index (χ4n) is 2.34. The zero-order valence-electron chi connectivity index (χ0n) is 12.2. The highest BCUT2D eigenvalue weighted by Gasteiger charge is 2.13. The third-order valence-electron chi connectivity index (χ3n) is 3.35. The molecular weight excluding hydrogens is 264 g/mol. The molecule has 1 aromatic carbocycles. The number of hydrogen-bond acceptors (Lipinski definition) is 4. The second-order valence-electron chi connectivity index (χ2n) is 4.75. The smallest absolute Gasteiger partial charge is 0.165 e. The molecule has 0 aliphatic heterocycles. The van der Waals surface area contributed by atoms with Crippen LogP contribution in [0.5, 0.6) is 5.75 Å². The average molecular weight is 282 g/mol. The summed E-state index contributed by atoms with van der Waals surface area (Å²) in [6, 6.07) is 9.83. The fourth-order valence-corrected chi connectivity index (χ4v) is 2.34. The average Bonchev–Trinajstić information content (AvgIpc) is 2.97. The summed E-state index contributed by atoms with van der Waals surface area (Å²) < 4.78 is 7.26. The van der Waals surface area contributed by atoms with Crippen LogP contribution in [0.3, 0.4) is 0 Å². The van der Waals surface area contributed by atoms with E-state index >= 15 is 0 Å². The Morgan fingerprint density at radius 3 is 2.86 bits per heavy atom. The zero-order valence-corrected chi connectivity index (χ0v) is 12.2. The van der Waals surface area contributed by atoms with Crippen LogP contribution in [0, 0.1) is 0 Å². The van der Waals surface area contributed by atoms with Gasteiger partial charge < -0.3 is 10.1 Å². The molecule has 1 N–H and O–H groups in total. The van der Waals surface area contributed by atoms with Crippen molar-refractivity contribution in [3.05, 3.63) is 42.7 Å². The highest BCUT2D eigenvalue weighted by atomic mass is 16.5. The van der Waals surface area contributed by atoms with E-state index in [4.69, 9.17) is 4.74 Å². The first-order valence-electron chi connectivity index (χ1n) is 7.05. The Morgan fingerprint density at radius 1 is 1.19 bits per heavy atom. The van der Waals surface area contributed by atoms with Gasteiger partial charge in [0.15, 0.2) is 5.65 Å². The zero-order chi connectivity index (χ0) is 14.7. The van der Waals surface area contributed by atoms with Gasteiger partial charge in [-0.25, -0.2) is 4.98 Å². The standard InChI is InChI=1S/C16H18N4O/c1-3-9-17-15-8-10-18-16-13(11-19-20(15)16)12-6-4-5-7-14(12)21-2/h4-8,10-11,17H,3,9H2,1-2H3. The minimum Gasteiger partial charge on any atom is -0.496 e. The number of rotatable bonds is 5. The first kappa shape index (κ1) is 13.4. The third-order valence-corrected chi connectivity index (χ3v) is 3.35. The molecular formula is C16H18N4O. The lowest BCUT2D eigenvalue weighted by Gasteiger charge is -2.08. The Balaban J connectivity index is 2.12. The molecule has 0 bridgehead atoms. The molecule has 3 rings (SSSR count). The van der Waals surface area contributed by atoms with Gasteiger partial charge in [0, 0.05) is 18.3 Å². The molecule has 0 fully saturated rings. The maximum Gasteiger partial charge on any atom is 0.165 e.